The summed E-state index contributed by atoms with van der Waals surface area (Å²) in [5.41, 5.74) is 1.22. The third kappa shape index (κ3) is 4.67. The largest absolute Gasteiger partial charge is 0.497 e. The number of hydrogen-bond donors (Lipinski definition) is 0. The predicted molar refractivity (Wildman–Crippen MR) is 100 cm³/mol. The fraction of sp³-hybridized carbons (Fsp3) is 0.556. The molecule has 0 spiro atoms. The van der Waals surface area contributed by atoms with Crippen LogP contribution in [0.1, 0.15) is 19.4 Å². The van der Waals surface area contributed by atoms with E-state index in [2.05, 4.69) is 45.6 Å². The maximum Gasteiger partial charge on any atom is 0.228 e. The Labute approximate surface area is 153 Å². The maximum absolute atomic E-state index is 5.46. The molecule has 0 amide bonds. The highest BCUT2D eigenvalue weighted by Crippen LogP contribution is 2.27. The number of benzene rings is 1. The molecule has 0 atom stereocenters. The summed E-state index contributed by atoms with van der Waals surface area (Å²) in [7, 11) is 1.69. The van der Waals surface area contributed by atoms with Crippen molar-refractivity contribution in [3.8, 4) is 5.75 Å². The molecule has 1 aromatic heterocycles. The topological polar surface area (TPSA) is 52.4 Å². The number of anilines is 1. The monoisotopic (exact) mass is 362 g/mol. The molecule has 1 aromatic carbocycles. The van der Waals surface area contributed by atoms with Gasteiger partial charge in [0.2, 0.25) is 5.95 Å². The van der Waals surface area contributed by atoms with E-state index in [1.165, 1.54) is 5.56 Å². The van der Waals surface area contributed by atoms with Gasteiger partial charge in [0, 0.05) is 25.4 Å². The van der Waals surface area contributed by atoms with Crippen molar-refractivity contribution >= 4 is 17.7 Å². The van der Waals surface area contributed by atoms with Crippen molar-refractivity contribution in [1.29, 1.82) is 0 Å². The van der Waals surface area contributed by atoms with Gasteiger partial charge in [0.15, 0.2) is 5.16 Å². The highest BCUT2D eigenvalue weighted by Gasteiger charge is 2.21. The molecule has 136 valence electrons. The Kier molecular flexibility index (Phi) is 6.20. The Morgan fingerprint density at radius 3 is 2.76 bits per heavy atom. The van der Waals surface area contributed by atoms with Crippen LogP contribution in [-0.4, -0.2) is 48.2 Å². The molecule has 1 fully saturated rings. The van der Waals surface area contributed by atoms with Gasteiger partial charge in [0.25, 0.3) is 0 Å². The molecule has 0 aliphatic carbocycles. The molecular weight excluding hydrogens is 336 g/mol. The van der Waals surface area contributed by atoms with Crippen LogP contribution in [0.3, 0.4) is 0 Å². The fourth-order valence-electron chi connectivity index (χ4n) is 2.82. The van der Waals surface area contributed by atoms with Crippen LogP contribution in [0.25, 0.3) is 0 Å². The zero-order chi connectivity index (χ0) is 17.6. The van der Waals surface area contributed by atoms with Crippen LogP contribution in [0, 0.1) is 5.92 Å². The molecule has 2 aromatic rings. The van der Waals surface area contributed by atoms with E-state index in [0.29, 0.717) is 5.92 Å². The summed E-state index contributed by atoms with van der Waals surface area (Å²) >= 11 is 1.72. The molecule has 0 unspecified atom stereocenters. The summed E-state index contributed by atoms with van der Waals surface area (Å²) < 4.78 is 13.0. The molecule has 3 rings (SSSR count). The molecule has 25 heavy (non-hydrogen) atoms. The number of thioether (sulfide) groups is 1. The average Bonchev–Trinajstić information content (AvgIpc) is 3.03. The number of morpholine rings is 1. The summed E-state index contributed by atoms with van der Waals surface area (Å²) in [5, 5.41) is 9.91. The third-order valence-electron chi connectivity index (χ3n) is 4.04. The first-order valence-corrected chi connectivity index (χ1v) is 9.67. The van der Waals surface area contributed by atoms with Crippen LogP contribution >= 0.6 is 11.8 Å². The van der Waals surface area contributed by atoms with E-state index >= 15 is 0 Å². The van der Waals surface area contributed by atoms with Gasteiger partial charge in [-0.1, -0.05) is 37.7 Å². The Bertz CT molecular complexity index is 683. The zero-order valence-corrected chi connectivity index (χ0v) is 16.0. The minimum absolute atomic E-state index is 0.534. The van der Waals surface area contributed by atoms with Crippen molar-refractivity contribution in [1.82, 2.24) is 14.8 Å². The SMILES string of the molecule is COc1cccc(CSc2nnc(N3CCOCC3)n2CC(C)C)c1. The summed E-state index contributed by atoms with van der Waals surface area (Å²) in [6, 6.07) is 8.17. The Morgan fingerprint density at radius 1 is 1.24 bits per heavy atom. The van der Waals surface area contributed by atoms with Gasteiger partial charge in [-0.2, -0.15) is 0 Å². The molecule has 6 nitrogen and oxygen atoms in total. The molecular formula is C18H26N4O2S. The van der Waals surface area contributed by atoms with E-state index in [4.69, 9.17) is 9.47 Å². The fourth-order valence-corrected chi connectivity index (χ4v) is 3.71. The lowest BCUT2D eigenvalue weighted by atomic mass is 10.2. The summed E-state index contributed by atoms with van der Waals surface area (Å²) in [5.74, 6) is 3.23. The van der Waals surface area contributed by atoms with E-state index in [1.807, 2.05) is 12.1 Å². The van der Waals surface area contributed by atoms with Crippen LogP contribution in [0.2, 0.25) is 0 Å². The number of hydrogen-bond acceptors (Lipinski definition) is 6. The van der Waals surface area contributed by atoms with Gasteiger partial charge >= 0.3 is 0 Å². The second kappa shape index (κ2) is 8.58. The van der Waals surface area contributed by atoms with E-state index < -0.39 is 0 Å². The number of ether oxygens (including phenoxy) is 2. The standard InChI is InChI=1S/C18H26N4O2S/c1-14(2)12-22-17(21-7-9-24-10-8-21)19-20-18(22)25-13-15-5-4-6-16(11-15)23-3/h4-6,11,14H,7-10,12-13H2,1-3H3. The lowest BCUT2D eigenvalue weighted by molar-refractivity contribution is 0.121. The Hall–Kier alpha value is -1.73. The van der Waals surface area contributed by atoms with Crippen LogP contribution in [-0.2, 0) is 17.0 Å². The van der Waals surface area contributed by atoms with Gasteiger partial charge < -0.3 is 14.4 Å². The van der Waals surface area contributed by atoms with E-state index in [-0.39, 0.29) is 0 Å². The van der Waals surface area contributed by atoms with Crippen LogP contribution in [0.5, 0.6) is 5.75 Å². The highest BCUT2D eigenvalue weighted by atomic mass is 32.2. The first-order chi connectivity index (χ1) is 12.2. The van der Waals surface area contributed by atoms with Gasteiger partial charge in [-0.15, -0.1) is 10.2 Å². The van der Waals surface area contributed by atoms with Crippen LogP contribution < -0.4 is 9.64 Å². The van der Waals surface area contributed by atoms with Gasteiger partial charge in [0.1, 0.15) is 5.75 Å². The molecule has 0 saturated carbocycles. The maximum atomic E-state index is 5.46. The molecule has 7 heteroatoms. The van der Waals surface area contributed by atoms with Crippen molar-refractivity contribution in [2.45, 2.75) is 31.3 Å². The normalized spacial score (nSPS) is 15.0. The Balaban J connectivity index is 1.76. The molecule has 1 aliphatic rings. The summed E-state index contributed by atoms with van der Waals surface area (Å²) in [4.78, 5) is 2.27. The zero-order valence-electron chi connectivity index (χ0n) is 15.1. The first kappa shape index (κ1) is 18.1. The quantitative estimate of drug-likeness (QED) is 0.706. The van der Waals surface area contributed by atoms with Crippen molar-refractivity contribution in [2.75, 3.05) is 38.3 Å². The second-order valence-electron chi connectivity index (χ2n) is 6.53. The smallest absolute Gasteiger partial charge is 0.228 e. The minimum atomic E-state index is 0.534. The van der Waals surface area contributed by atoms with Gasteiger partial charge in [-0.3, -0.25) is 4.57 Å². The molecule has 1 aliphatic heterocycles. The predicted octanol–water partition coefficient (Wildman–Crippen LogP) is 3.07. The van der Waals surface area contributed by atoms with Gasteiger partial charge in [0.05, 0.1) is 20.3 Å². The lowest BCUT2D eigenvalue weighted by Crippen LogP contribution is -2.38. The van der Waals surface area contributed by atoms with Crippen molar-refractivity contribution in [3.63, 3.8) is 0 Å². The van der Waals surface area contributed by atoms with Crippen molar-refractivity contribution in [2.24, 2.45) is 5.92 Å². The van der Waals surface area contributed by atoms with Crippen molar-refractivity contribution < 1.29 is 9.47 Å². The number of methoxy groups -OCH3 is 1. The van der Waals surface area contributed by atoms with Crippen LogP contribution in [0.4, 0.5) is 5.95 Å². The Morgan fingerprint density at radius 2 is 2.04 bits per heavy atom. The van der Waals surface area contributed by atoms with Gasteiger partial charge in [-0.25, -0.2) is 0 Å². The molecule has 0 bridgehead atoms. The summed E-state index contributed by atoms with van der Waals surface area (Å²) in [6.45, 7) is 8.61. The molecule has 2 heterocycles. The van der Waals surface area contributed by atoms with Crippen LogP contribution in [0.15, 0.2) is 29.4 Å². The molecule has 1 saturated heterocycles. The average molecular weight is 362 g/mol. The summed E-state index contributed by atoms with van der Waals surface area (Å²) in [6.07, 6.45) is 0. The number of nitrogens with zero attached hydrogens (tertiary/aromatic N) is 4. The van der Waals surface area contributed by atoms with E-state index in [1.54, 1.807) is 18.9 Å². The van der Waals surface area contributed by atoms with E-state index in [0.717, 1.165) is 55.5 Å². The van der Waals surface area contributed by atoms with Gasteiger partial charge in [-0.05, 0) is 23.6 Å². The molecule has 0 N–H and O–H groups in total. The van der Waals surface area contributed by atoms with E-state index in [9.17, 15) is 0 Å². The number of rotatable bonds is 7. The lowest BCUT2D eigenvalue weighted by Gasteiger charge is -2.28. The second-order valence-corrected chi connectivity index (χ2v) is 7.47. The minimum Gasteiger partial charge on any atom is -0.497 e. The first-order valence-electron chi connectivity index (χ1n) is 8.69. The third-order valence-corrected chi connectivity index (χ3v) is 5.08. The van der Waals surface area contributed by atoms with Crippen molar-refractivity contribution in [3.05, 3.63) is 29.8 Å². The highest BCUT2D eigenvalue weighted by molar-refractivity contribution is 7.98. The molecule has 0 radical (unpaired) electrons. The number of aromatic nitrogens is 3.